The summed E-state index contributed by atoms with van der Waals surface area (Å²) in [5, 5.41) is 11.1. The first kappa shape index (κ1) is 18.9. The summed E-state index contributed by atoms with van der Waals surface area (Å²) in [6.45, 7) is 6.18. The van der Waals surface area contributed by atoms with Crippen LogP contribution in [-0.4, -0.2) is 61.2 Å². The van der Waals surface area contributed by atoms with E-state index in [0.717, 1.165) is 0 Å². The maximum atomic E-state index is 12.5. The van der Waals surface area contributed by atoms with Crippen LogP contribution in [0.4, 0.5) is 11.4 Å². The highest BCUT2D eigenvalue weighted by Crippen LogP contribution is 2.30. The Morgan fingerprint density at radius 1 is 1.21 bits per heavy atom. The summed E-state index contributed by atoms with van der Waals surface area (Å²) in [6.07, 6.45) is 0. The molecule has 0 N–H and O–H groups in total. The van der Waals surface area contributed by atoms with Gasteiger partial charge in [0.25, 0.3) is 15.9 Å². The largest absolute Gasteiger partial charge is 0.368 e. The number of halogens is 1. The number of nitro benzene ring substituents is 1. The van der Waals surface area contributed by atoms with Gasteiger partial charge in [-0.3, -0.25) is 10.1 Å². The highest BCUT2D eigenvalue weighted by atomic mass is 35.5. The van der Waals surface area contributed by atoms with Crippen LogP contribution in [0.25, 0.3) is 0 Å². The Kier molecular flexibility index (Phi) is 6.02. The fraction of sp³-hybridized carbons (Fsp3) is 0.571. The smallest absolute Gasteiger partial charge is 0.282 e. The molecule has 2 rings (SSSR count). The zero-order chi connectivity index (χ0) is 17.9. The summed E-state index contributed by atoms with van der Waals surface area (Å²) in [7, 11) is -3.44. The van der Waals surface area contributed by atoms with Crippen LogP contribution in [-0.2, 0) is 10.2 Å². The number of benzene rings is 1. The molecule has 0 aromatic heterocycles. The number of nitrogens with zero attached hydrogens (tertiary/aromatic N) is 4. The Labute approximate surface area is 146 Å². The molecule has 1 fully saturated rings. The van der Waals surface area contributed by atoms with Crippen molar-refractivity contribution >= 4 is 33.2 Å². The van der Waals surface area contributed by atoms with Gasteiger partial charge in [0.2, 0.25) is 0 Å². The quantitative estimate of drug-likeness (QED) is 0.559. The minimum Gasteiger partial charge on any atom is -0.368 e. The predicted molar refractivity (Wildman–Crippen MR) is 93.7 cm³/mol. The molecule has 0 radical (unpaired) electrons. The number of hydrogen-bond donors (Lipinski definition) is 0. The molecule has 0 aliphatic carbocycles. The number of anilines is 1. The lowest BCUT2D eigenvalue weighted by Crippen LogP contribution is -2.53. The number of nitro groups is 1. The highest BCUT2D eigenvalue weighted by molar-refractivity contribution is 7.86. The van der Waals surface area contributed by atoms with E-state index in [0.29, 0.717) is 50.0 Å². The first-order valence-electron chi connectivity index (χ1n) is 7.75. The van der Waals surface area contributed by atoms with Gasteiger partial charge >= 0.3 is 0 Å². The van der Waals surface area contributed by atoms with Crippen molar-refractivity contribution in [3.05, 3.63) is 33.3 Å². The standard InChI is InChI=1S/C14H21ClN4O4S/c1-3-17(4-2)24(22,23)18-9-7-16(8-10-18)14-6-5-12(19(20)21)11-13(14)15/h5-6,11H,3-4,7-10H2,1-2H3. The van der Waals surface area contributed by atoms with E-state index in [2.05, 4.69) is 0 Å². The first-order chi connectivity index (χ1) is 11.3. The summed E-state index contributed by atoms with van der Waals surface area (Å²) in [5.74, 6) is 0. The van der Waals surface area contributed by atoms with Gasteiger partial charge in [-0.15, -0.1) is 0 Å². The van der Waals surface area contributed by atoms with E-state index < -0.39 is 15.1 Å². The normalized spacial score (nSPS) is 16.6. The van der Waals surface area contributed by atoms with E-state index in [-0.39, 0.29) is 5.69 Å². The second-order valence-corrected chi connectivity index (χ2v) is 7.71. The summed E-state index contributed by atoms with van der Waals surface area (Å²) in [5.41, 5.74) is 0.619. The zero-order valence-electron chi connectivity index (χ0n) is 13.7. The van der Waals surface area contributed by atoms with Crippen LogP contribution in [0.15, 0.2) is 18.2 Å². The third-order valence-corrected chi connectivity index (χ3v) is 6.57. The number of non-ortho nitro benzene ring substituents is 1. The minimum atomic E-state index is -3.44. The maximum Gasteiger partial charge on any atom is 0.282 e. The molecule has 0 saturated carbocycles. The molecule has 1 saturated heterocycles. The van der Waals surface area contributed by atoms with Crippen molar-refractivity contribution < 1.29 is 13.3 Å². The molecule has 10 heteroatoms. The predicted octanol–water partition coefficient (Wildman–Crippen LogP) is 1.96. The van der Waals surface area contributed by atoms with Crippen molar-refractivity contribution in [2.45, 2.75) is 13.8 Å². The van der Waals surface area contributed by atoms with Gasteiger partial charge in [-0.05, 0) is 6.07 Å². The van der Waals surface area contributed by atoms with Crippen LogP contribution in [0.1, 0.15) is 13.8 Å². The molecule has 0 unspecified atom stereocenters. The van der Waals surface area contributed by atoms with Crippen molar-refractivity contribution in [3.8, 4) is 0 Å². The molecule has 1 aliphatic heterocycles. The van der Waals surface area contributed by atoms with E-state index in [1.54, 1.807) is 6.07 Å². The lowest BCUT2D eigenvalue weighted by molar-refractivity contribution is -0.384. The molecule has 0 spiro atoms. The molecule has 1 heterocycles. The molecule has 1 aromatic rings. The van der Waals surface area contributed by atoms with Crippen molar-refractivity contribution in [2.24, 2.45) is 0 Å². The van der Waals surface area contributed by atoms with Gasteiger partial charge in [-0.1, -0.05) is 25.4 Å². The Hall–Kier alpha value is -1.42. The van der Waals surface area contributed by atoms with E-state index in [4.69, 9.17) is 11.6 Å². The zero-order valence-corrected chi connectivity index (χ0v) is 15.3. The fourth-order valence-electron chi connectivity index (χ4n) is 2.74. The van der Waals surface area contributed by atoms with Gasteiger partial charge < -0.3 is 4.90 Å². The SMILES string of the molecule is CCN(CC)S(=O)(=O)N1CCN(c2ccc([N+](=O)[O-])cc2Cl)CC1. The third kappa shape index (κ3) is 3.80. The second kappa shape index (κ2) is 7.64. The molecular formula is C14H21ClN4O4S. The molecule has 0 amide bonds. The molecule has 134 valence electrons. The minimum absolute atomic E-state index is 0.0634. The van der Waals surface area contributed by atoms with Crippen LogP contribution in [0.5, 0.6) is 0 Å². The van der Waals surface area contributed by atoms with Gasteiger partial charge in [0.15, 0.2) is 0 Å². The first-order valence-corrected chi connectivity index (χ1v) is 9.52. The number of hydrogen-bond acceptors (Lipinski definition) is 5. The molecule has 0 atom stereocenters. The van der Waals surface area contributed by atoms with E-state index >= 15 is 0 Å². The van der Waals surface area contributed by atoms with Gasteiger partial charge in [-0.25, -0.2) is 0 Å². The number of piperazine rings is 1. The Morgan fingerprint density at radius 3 is 2.25 bits per heavy atom. The van der Waals surface area contributed by atoms with Gasteiger partial charge in [-0.2, -0.15) is 17.0 Å². The van der Waals surface area contributed by atoms with Crippen molar-refractivity contribution in [3.63, 3.8) is 0 Å². The molecular weight excluding hydrogens is 356 g/mol. The number of rotatable bonds is 6. The van der Waals surface area contributed by atoms with Gasteiger partial charge in [0.05, 0.1) is 15.6 Å². The van der Waals surface area contributed by atoms with Crippen LogP contribution < -0.4 is 4.90 Å². The average molecular weight is 377 g/mol. The van der Waals surface area contributed by atoms with Crippen LogP contribution >= 0.6 is 11.6 Å². The lowest BCUT2D eigenvalue weighted by Gasteiger charge is -2.37. The van der Waals surface area contributed by atoms with Crippen LogP contribution in [0.2, 0.25) is 5.02 Å². The van der Waals surface area contributed by atoms with Crippen molar-refractivity contribution in [2.75, 3.05) is 44.2 Å². The molecule has 24 heavy (non-hydrogen) atoms. The summed E-state index contributed by atoms with van der Waals surface area (Å²) < 4.78 is 27.9. The lowest BCUT2D eigenvalue weighted by atomic mass is 10.2. The van der Waals surface area contributed by atoms with E-state index in [1.807, 2.05) is 18.7 Å². The molecule has 8 nitrogen and oxygen atoms in total. The highest BCUT2D eigenvalue weighted by Gasteiger charge is 2.31. The summed E-state index contributed by atoms with van der Waals surface area (Å²) >= 11 is 6.14. The summed E-state index contributed by atoms with van der Waals surface area (Å²) in [4.78, 5) is 12.2. The van der Waals surface area contributed by atoms with Crippen LogP contribution in [0.3, 0.4) is 0 Å². The molecule has 1 aromatic carbocycles. The van der Waals surface area contributed by atoms with E-state index in [9.17, 15) is 18.5 Å². The van der Waals surface area contributed by atoms with Crippen molar-refractivity contribution in [1.29, 1.82) is 0 Å². The Bertz CT molecular complexity index is 701. The average Bonchev–Trinajstić information content (AvgIpc) is 2.55. The maximum absolute atomic E-state index is 12.5. The summed E-state index contributed by atoms with van der Waals surface area (Å²) in [6, 6.07) is 4.32. The Balaban J connectivity index is 2.09. The molecule has 0 bridgehead atoms. The van der Waals surface area contributed by atoms with Gasteiger partial charge in [0, 0.05) is 51.4 Å². The van der Waals surface area contributed by atoms with Crippen LogP contribution in [0, 0.1) is 10.1 Å². The topological polar surface area (TPSA) is 87.0 Å². The second-order valence-electron chi connectivity index (χ2n) is 5.37. The van der Waals surface area contributed by atoms with Gasteiger partial charge in [0.1, 0.15) is 0 Å². The Morgan fingerprint density at radius 2 is 1.79 bits per heavy atom. The van der Waals surface area contributed by atoms with E-state index in [1.165, 1.54) is 20.7 Å². The fourth-order valence-corrected chi connectivity index (χ4v) is 4.64. The van der Waals surface area contributed by atoms with Crippen molar-refractivity contribution in [1.82, 2.24) is 8.61 Å². The monoisotopic (exact) mass is 376 g/mol. The third-order valence-electron chi connectivity index (χ3n) is 4.08. The molecule has 1 aliphatic rings.